The molecule has 1 aliphatic carbocycles. The number of aliphatic carboxylic acids is 1. The van der Waals surface area contributed by atoms with E-state index in [4.69, 9.17) is 0 Å². The van der Waals surface area contributed by atoms with E-state index in [0.29, 0.717) is 45.2 Å². The summed E-state index contributed by atoms with van der Waals surface area (Å²) in [5.41, 5.74) is -0.258. The number of aryl methyl sites for hydroxylation is 1. The number of nitrogens with one attached hydrogen (secondary N) is 2. The molecule has 1 saturated heterocycles. The fourth-order valence-corrected chi connectivity index (χ4v) is 6.34. The van der Waals surface area contributed by atoms with Crippen LogP contribution in [0.25, 0.3) is 0 Å². The molecule has 36 heavy (non-hydrogen) atoms. The number of sulfonamides is 1. The van der Waals surface area contributed by atoms with Crippen LogP contribution in [0.5, 0.6) is 0 Å². The van der Waals surface area contributed by atoms with Gasteiger partial charge in [-0.25, -0.2) is 13.2 Å². The highest BCUT2D eigenvalue weighted by Gasteiger charge is 2.43. The molecule has 2 aliphatic rings. The fourth-order valence-electron chi connectivity index (χ4n) is 5.04. The Bertz CT molecular complexity index is 1040. The molecule has 2 unspecified atom stereocenters. The van der Waals surface area contributed by atoms with Gasteiger partial charge in [-0.05, 0) is 50.7 Å². The first kappa shape index (κ1) is 28.1. The minimum absolute atomic E-state index is 0.111. The zero-order chi connectivity index (χ0) is 26.5. The van der Waals surface area contributed by atoms with Gasteiger partial charge in [-0.1, -0.05) is 57.2 Å². The Balaban J connectivity index is 1.64. The predicted molar refractivity (Wildman–Crippen MR) is 136 cm³/mol. The molecule has 1 aromatic rings. The summed E-state index contributed by atoms with van der Waals surface area (Å²) in [4.78, 5) is 40.0. The lowest BCUT2D eigenvalue weighted by Gasteiger charge is -2.38. The van der Waals surface area contributed by atoms with E-state index in [1.54, 1.807) is 17.0 Å². The van der Waals surface area contributed by atoms with E-state index in [-0.39, 0.29) is 28.5 Å². The Morgan fingerprint density at radius 3 is 2.19 bits per heavy atom. The molecule has 1 aromatic carbocycles. The number of amides is 2. The van der Waals surface area contributed by atoms with Crippen LogP contribution in [0.1, 0.15) is 70.8 Å². The number of carboxylic acid groups (broad SMARTS) is 1. The van der Waals surface area contributed by atoms with Crippen molar-refractivity contribution in [1.82, 2.24) is 14.9 Å². The molecular formula is C26H39N3O6S. The van der Waals surface area contributed by atoms with Crippen LogP contribution in [0.4, 0.5) is 0 Å². The van der Waals surface area contributed by atoms with Crippen molar-refractivity contribution in [2.45, 2.75) is 88.6 Å². The molecule has 200 valence electrons. The van der Waals surface area contributed by atoms with E-state index < -0.39 is 27.6 Å². The minimum atomic E-state index is -3.89. The van der Waals surface area contributed by atoms with Gasteiger partial charge in [0.1, 0.15) is 11.6 Å². The summed E-state index contributed by atoms with van der Waals surface area (Å²) in [5, 5.41) is 12.6. The predicted octanol–water partition coefficient (Wildman–Crippen LogP) is 2.83. The average molecular weight is 522 g/mol. The van der Waals surface area contributed by atoms with Gasteiger partial charge in [0.2, 0.25) is 21.8 Å². The number of nitrogens with zero attached hydrogens (tertiary/aromatic N) is 1. The lowest BCUT2D eigenvalue weighted by molar-refractivity contribution is -0.150. The Kier molecular flexibility index (Phi) is 9.16. The number of hydrogen-bond acceptors (Lipinski definition) is 5. The standard InChI is InChI=1S/C26H39N3O6S/c1-4-19(3)22(28-36(34,35)21-10-8-18(2)9-11-21)24(31)29-16-12-20(13-17-29)23(30)27-26(25(32)33)14-6-5-7-15-26/h8-11,19-20,22,28H,4-7,12-17H2,1-3H3,(H,27,30)(H,32,33). The molecule has 10 heteroatoms. The Hall–Kier alpha value is -2.46. The molecule has 1 saturated carbocycles. The Labute approximate surface area is 214 Å². The molecule has 0 spiro atoms. The number of benzene rings is 1. The first-order valence-corrected chi connectivity index (χ1v) is 14.4. The minimum Gasteiger partial charge on any atom is -0.480 e. The molecule has 2 atom stereocenters. The first-order chi connectivity index (χ1) is 17.0. The van der Waals surface area contributed by atoms with Gasteiger partial charge in [0.25, 0.3) is 0 Å². The number of carbonyl (C=O) groups is 3. The normalized spacial score (nSPS) is 20.4. The van der Waals surface area contributed by atoms with Crippen molar-refractivity contribution in [2.75, 3.05) is 13.1 Å². The number of carboxylic acids is 1. The van der Waals surface area contributed by atoms with Crippen LogP contribution in [0.2, 0.25) is 0 Å². The van der Waals surface area contributed by atoms with Crippen molar-refractivity contribution >= 4 is 27.8 Å². The molecule has 2 amide bonds. The van der Waals surface area contributed by atoms with Crippen molar-refractivity contribution in [1.29, 1.82) is 0 Å². The topological polar surface area (TPSA) is 133 Å². The third-order valence-corrected chi connectivity index (χ3v) is 9.21. The van der Waals surface area contributed by atoms with Crippen molar-refractivity contribution in [3.63, 3.8) is 0 Å². The molecule has 3 N–H and O–H groups in total. The van der Waals surface area contributed by atoms with Crippen LogP contribution < -0.4 is 10.0 Å². The number of rotatable bonds is 9. The van der Waals surface area contributed by atoms with Crippen LogP contribution in [0.3, 0.4) is 0 Å². The molecule has 3 rings (SSSR count). The van der Waals surface area contributed by atoms with Crippen molar-refractivity contribution < 1.29 is 27.9 Å². The highest BCUT2D eigenvalue weighted by molar-refractivity contribution is 7.89. The van der Waals surface area contributed by atoms with Crippen LogP contribution in [0.15, 0.2) is 29.2 Å². The van der Waals surface area contributed by atoms with Gasteiger partial charge < -0.3 is 15.3 Å². The second-order valence-electron chi connectivity index (χ2n) is 10.3. The fraction of sp³-hybridized carbons (Fsp3) is 0.654. The zero-order valence-electron chi connectivity index (χ0n) is 21.5. The van der Waals surface area contributed by atoms with Gasteiger partial charge in [-0.2, -0.15) is 4.72 Å². The summed E-state index contributed by atoms with van der Waals surface area (Å²) in [6, 6.07) is 5.56. The molecule has 0 bridgehead atoms. The van der Waals surface area contributed by atoms with Crippen LogP contribution in [0, 0.1) is 18.8 Å². The van der Waals surface area contributed by atoms with E-state index in [0.717, 1.165) is 24.8 Å². The van der Waals surface area contributed by atoms with Crippen LogP contribution in [-0.2, 0) is 24.4 Å². The van der Waals surface area contributed by atoms with Gasteiger partial charge in [0.05, 0.1) is 4.90 Å². The van der Waals surface area contributed by atoms with E-state index in [1.165, 1.54) is 12.1 Å². The largest absolute Gasteiger partial charge is 0.480 e. The number of hydrogen-bond donors (Lipinski definition) is 3. The van der Waals surface area contributed by atoms with Crippen molar-refractivity contribution in [3.05, 3.63) is 29.8 Å². The van der Waals surface area contributed by atoms with Crippen LogP contribution >= 0.6 is 0 Å². The SMILES string of the molecule is CCC(C)C(NS(=O)(=O)c1ccc(C)cc1)C(=O)N1CCC(C(=O)NC2(C(=O)O)CCCCC2)CC1. The number of piperidine rings is 1. The summed E-state index contributed by atoms with van der Waals surface area (Å²) in [6.07, 6.45) is 4.81. The summed E-state index contributed by atoms with van der Waals surface area (Å²) >= 11 is 0. The zero-order valence-corrected chi connectivity index (χ0v) is 22.3. The molecule has 9 nitrogen and oxygen atoms in total. The maximum atomic E-state index is 13.4. The summed E-state index contributed by atoms with van der Waals surface area (Å²) in [7, 11) is -3.89. The van der Waals surface area contributed by atoms with E-state index in [9.17, 15) is 27.9 Å². The quantitative estimate of drug-likeness (QED) is 0.458. The third kappa shape index (κ3) is 6.45. The summed E-state index contributed by atoms with van der Waals surface area (Å²) in [6.45, 7) is 6.25. The van der Waals surface area contributed by atoms with Crippen molar-refractivity contribution in [2.24, 2.45) is 11.8 Å². The van der Waals surface area contributed by atoms with Gasteiger partial charge in [0, 0.05) is 19.0 Å². The van der Waals surface area contributed by atoms with Crippen molar-refractivity contribution in [3.8, 4) is 0 Å². The molecule has 1 heterocycles. The Morgan fingerprint density at radius 1 is 1.08 bits per heavy atom. The molecule has 1 aliphatic heterocycles. The second kappa shape index (κ2) is 11.7. The van der Waals surface area contributed by atoms with Gasteiger partial charge in [-0.3, -0.25) is 9.59 Å². The molecular weight excluding hydrogens is 482 g/mol. The van der Waals surface area contributed by atoms with Gasteiger partial charge >= 0.3 is 5.97 Å². The maximum Gasteiger partial charge on any atom is 0.329 e. The monoisotopic (exact) mass is 521 g/mol. The third-order valence-electron chi connectivity index (χ3n) is 7.75. The van der Waals surface area contributed by atoms with Gasteiger partial charge in [0.15, 0.2) is 0 Å². The van der Waals surface area contributed by atoms with E-state index in [2.05, 4.69) is 10.0 Å². The van der Waals surface area contributed by atoms with Crippen LogP contribution in [-0.4, -0.2) is 60.9 Å². The highest BCUT2D eigenvalue weighted by Crippen LogP contribution is 2.30. The summed E-state index contributed by atoms with van der Waals surface area (Å²) in [5.74, 6) is -2.16. The smallest absolute Gasteiger partial charge is 0.329 e. The van der Waals surface area contributed by atoms with E-state index >= 15 is 0 Å². The molecule has 0 radical (unpaired) electrons. The molecule has 0 aromatic heterocycles. The highest BCUT2D eigenvalue weighted by atomic mass is 32.2. The molecule has 2 fully saturated rings. The lowest BCUT2D eigenvalue weighted by atomic mass is 9.81. The van der Waals surface area contributed by atoms with Gasteiger partial charge in [-0.15, -0.1) is 0 Å². The van der Waals surface area contributed by atoms with E-state index in [1.807, 2.05) is 20.8 Å². The average Bonchev–Trinajstić information content (AvgIpc) is 2.87. The summed E-state index contributed by atoms with van der Waals surface area (Å²) < 4.78 is 28.6. The Morgan fingerprint density at radius 2 is 1.67 bits per heavy atom. The number of likely N-dealkylation sites (tertiary alicyclic amines) is 1. The first-order valence-electron chi connectivity index (χ1n) is 12.9. The number of carbonyl (C=O) groups excluding carboxylic acids is 2. The maximum absolute atomic E-state index is 13.4. The second-order valence-corrected chi connectivity index (χ2v) is 12.0. The lowest BCUT2D eigenvalue weighted by Crippen LogP contribution is -2.58.